The molecule has 0 spiro atoms. The van der Waals surface area contributed by atoms with Crippen LogP contribution in [-0.2, 0) is 10.0 Å². The van der Waals surface area contributed by atoms with Gasteiger partial charge in [0, 0.05) is 22.7 Å². The molecule has 3 aromatic rings. The minimum atomic E-state index is -3.35. The number of anilines is 2. The Balaban J connectivity index is 1.73. The van der Waals surface area contributed by atoms with Crippen molar-refractivity contribution in [1.29, 1.82) is 0 Å². The first-order valence-electron chi connectivity index (χ1n) is 7.94. The predicted molar refractivity (Wildman–Crippen MR) is 107 cm³/mol. The third kappa shape index (κ3) is 4.84. The SMILES string of the molecule is COc1ccc(C(=O)Nc2nc(-c3ccc(NS(C)(=O)=O)cc3)cs2)c(F)c1. The summed E-state index contributed by atoms with van der Waals surface area (Å²) >= 11 is 1.19. The van der Waals surface area contributed by atoms with Crippen LogP contribution in [0.2, 0.25) is 0 Å². The Kier molecular flexibility index (Phi) is 5.61. The Morgan fingerprint density at radius 1 is 1.18 bits per heavy atom. The highest BCUT2D eigenvalue weighted by Crippen LogP contribution is 2.27. The summed E-state index contributed by atoms with van der Waals surface area (Å²) in [5.41, 5.74) is 1.66. The molecule has 0 saturated carbocycles. The number of nitrogens with one attached hydrogen (secondary N) is 2. The zero-order valence-electron chi connectivity index (χ0n) is 14.9. The molecule has 7 nitrogen and oxygen atoms in total. The Morgan fingerprint density at radius 3 is 2.50 bits per heavy atom. The summed E-state index contributed by atoms with van der Waals surface area (Å²) in [5.74, 6) is -0.990. The van der Waals surface area contributed by atoms with E-state index < -0.39 is 21.7 Å². The Labute approximate surface area is 165 Å². The fraction of sp³-hybridized carbons (Fsp3) is 0.111. The van der Waals surface area contributed by atoms with E-state index in [9.17, 15) is 17.6 Å². The maximum Gasteiger partial charge on any atom is 0.260 e. The molecule has 1 heterocycles. The Bertz CT molecular complexity index is 1110. The lowest BCUT2D eigenvalue weighted by molar-refractivity contribution is 0.102. The van der Waals surface area contributed by atoms with Crippen molar-refractivity contribution in [3.63, 3.8) is 0 Å². The van der Waals surface area contributed by atoms with Gasteiger partial charge in [0.15, 0.2) is 5.13 Å². The smallest absolute Gasteiger partial charge is 0.260 e. The molecule has 2 N–H and O–H groups in total. The Hall–Kier alpha value is -2.98. The van der Waals surface area contributed by atoms with E-state index in [1.54, 1.807) is 29.6 Å². The van der Waals surface area contributed by atoms with Crippen LogP contribution in [0.1, 0.15) is 10.4 Å². The average molecular weight is 421 g/mol. The topological polar surface area (TPSA) is 97.4 Å². The largest absolute Gasteiger partial charge is 0.497 e. The summed E-state index contributed by atoms with van der Waals surface area (Å²) in [7, 11) is -1.94. The van der Waals surface area contributed by atoms with Gasteiger partial charge in [0.2, 0.25) is 10.0 Å². The highest BCUT2D eigenvalue weighted by molar-refractivity contribution is 7.92. The van der Waals surface area contributed by atoms with Gasteiger partial charge in [-0.05, 0) is 24.3 Å². The van der Waals surface area contributed by atoms with Crippen LogP contribution < -0.4 is 14.8 Å². The Morgan fingerprint density at radius 2 is 1.89 bits per heavy atom. The molecule has 0 unspecified atom stereocenters. The van der Waals surface area contributed by atoms with E-state index >= 15 is 0 Å². The number of rotatable bonds is 6. The third-order valence-corrected chi connectivity index (χ3v) is 4.99. The monoisotopic (exact) mass is 421 g/mol. The first kappa shape index (κ1) is 19.8. The molecular formula is C18H16FN3O4S2. The maximum absolute atomic E-state index is 14.0. The molecule has 1 aromatic heterocycles. The van der Waals surface area contributed by atoms with Gasteiger partial charge in [-0.25, -0.2) is 17.8 Å². The number of carbonyl (C=O) groups is 1. The number of ether oxygens (including phenoxy) is 1. The van der Waals surface area contributed by atoms with Crippen LogP contribution >= 0.6 is 11.3 Å². The number of sulfonamides is 1. The third-order valence-electron chi connectivity index (χ3n) is 3.63. The van der Waals surface area contributed by atoms with E-state index in [2.05, 4.69) is 15.0 Å². The van der Waals surface area contributed by atoms with E-state index in [4.69, 9.17) is 4.74 Å². The summed E-state index contributed by atoms with van der Waals surface area (Å²) in [6.07, 6.45) is 1.07. The number of carbonyl (C=O) groups excluding carboxylic acids is 1. The molecular weight excluding hydrogens is 405 g/mol. The normalized spacial score (nSPS) is 11.1. The molecule has 0 aliphatic carbocycles. The minimum absolute atomic E-state index is 0.117. The molecule has 28 heavy (non-hydrogen) atoms. The molecule has 0 aliphatic heterocycles. The quantitative estimate of drug-likeness (QED) is 0.634. The number of nitrogens with zero attached hydrogens (tertiary/aromatic N) is 1. The molecule has 0 saturated heterocycles. The van der Waals surface area contributed by atoms with Crippen LogP contribution in [0.3, 0.4) is 0 Å². The summed E-state index contributed by atoms with van der Waals surface area (Å²) in [5, 5.41) is 4.61. The van der Waals surface area contributed by atoms with Crippen LogP contribution in [0.5, 0.6) is 5.75 Å². The van der Waals surface area contributed by atoms with Gasteiger partial charge in [-0.15, -0.1) is 11.3 Å². The van der Waals surface area contributed by atoms with Crippen LogP contribution in [0.4, 0.5) is 15.2 Å². The van der Waals surface area contributed by atoms with Crippen molar-refractivity contribution in [2.45, 2.75) is 0 Å². The van der Waals surface area contributed by atoms with Crippen molar-refractivity contribution in [1.82, 2.24) is 4.98 Å². The van der Waals surface area contributed by atoms with Crippen molar-refractivity contribution in [2.75, 3.05) is 23.4 Å². The summed E-state index contributed by atoms with van der Waals surface area (Å²) in [6, 6.07) is 10.6. The standard InChI is InChI=1S/C18H16FN3O4S2/c1-26-13-7-8-14(15(19)9-13)17(23)21-18-20-16(10-27-18)11-3-5-12(6-4-11)22-28(2,24)25/h3-10,22H,1-2H3,(H,20,21,23). The second kappa shape index (κ2) is 7.95. The van der Waals surface area contributed by atoms with Gasteiger partial charge in [-0.2, -0.15) is 0 Å². The van der Waals surface area contributed by atoms with E-state index in [0.717, 1.165) is 17.9 Å². The number of thiazole rings is 1. The molecule has 1 amide bonds. The van der Waals surface area contributed by atoms with Gasteiger partial charge in [-0.1, -0.05) is 12.1 Å². The van der Waals surface area contributed by atoms with Gasteiger partial charge >= 0.3 is 0 Å². The van der Waals surface area contributed by atoms with E-state index in [1.165, 1.54) is 30.6 Å². The number of benzene rings is 2. The van der Waals surface area contributed by atoms with Gasteiger partial charge in [0.05, 0.1) is 24.6 Å². The van der Waals surface area contributed by atoms with Gasteiger partial charge in [0.25, 0.3) is 5.91 Å². The number of aromatic nitrogens is 1. The predicted octanol–water partition coefficient (Wildman–Crippen LogP) is 3.58. The first-order chi connectivity index (χ1) is 13.2. The van der Waals surface area contributed by atoms with Gasteiger partial charge in [-0.3, -0.25) is 14.8 Å². The number of halogens is 1. The fourth-order valence-electron chi connectivity index (χ4n) is 2.36. The number of hydrogen-bond donors (Lipinski definition) is 2. The molecule has 2 aromatic carbocycles. The number of hydrogen-bond acceptors (Lipinski definition) is 6. The number of amides is 1. The van der Waals surface area contributed by atoms with E-state index in [1.807, 2.05) is 0 Å². The molecule has 0 aliphatic rings. The second-order valence-corrected chi connectivity index (χ2v) is 8.40. The molecule has 146 valence electrons. The number of methoxy groups -OCH3 is 1. The van der Waals surface area contributed by atoms with Crippen molar-refractivity contribution in [3.8, 4) is 17.0 Å². The van der Waals surface area contributed by atoms with Crippen molar-refractivity contribution in [3.05, 3.63) is 59.2 Å². The lowest BCUT2D eigenvalue weighted by atomic mass is 10.1. The van der Waals surface area contributed by atoms with Crippen LogP contribution in [-0.4, -0.2) is 32.7 Å². The average Bonchev–Trinajstić information content (AvgIpc) is 3.09. The summed E-state index contributed by atoms with van der Waals surface area (Å²) < 4.78 is 43.8. The van der Waals surface area contributed by atoms with Crippen LogP contribution in [0.15, 0.2) is 47.8 Å². The lowest BCUT2D eigenvalue weighted by Gasteiger charge is -2.05. The lowest BCUT2D eigenvalue weighted by Crippen LogP contribution is -2.13. The minimum Gasteiger partial charge on any atom is -0.497 e. The highest BCUT2D eigenvalue weighted by atomic mass is 32.2. The molecule has 0 bridgehead atoms. The molecule has 0 radical (unpaired) electrons. The van der Waals surface area contributed by atoms with Gasteiger partial charge < -0.3 is 4.74 Å². The van der Waals surface area contributed by atoms with Crippen molar-refractivity contribution >= 4 is 38.1 Å². The second-order valence-electron chi connectivity index (χ2n) is 5.79. The molecule has 10 heteroatoms. The first-order valence-corrected chi connectivity index (χ1v) is 10.7. The highest BCUT2D eigenvalue weighted by Gasteiger charge is 2.15. The van der Waals surface area contributed by atoms with E-state index in [0.29, 0.717) is 22.3 Å². The summed E-state index contributed by atoms with van der Waals surface area (Å²) in [6.45, 7) is 0. The summed E-state index contributed by atoms with van der Waals surface area (Å²) in [4.78, 5) is 16.6. The van der Waals surface area contributed by atoms with E-state index in [-0.39, 0.29) is 5.56 Å². The maximum atomic E-state index is 14.0. The van der Waals surface area contributed by atoms with Crippen LogP contribution in [0.25, 0.3) is 11.3 Å². The molecule has 0 atom stereocenters. The van der Waals surface area contributed by atoms with Crippen LogP contribution in [0, 0.1) is 5.82 Å². The molecule has 3 rings (SSSR count). The van der Waals surface area contributed by atoms with Crippen molar-refractivity contribution < 1.29 is 22.3 Å². The van der Waals surface area contributed by atoms with Gasteiger partial charge in [0.1, 0.15) is 11.6 Å². The zero-order valence-corrected chi connectivity index (χ0v) is 16.5. The fourth-order valence-corrected chi connectivity index (χ4v) is 3.64. The van der Waals surface area contributed by atoms with Crippen molar-refractivity contribution in [2.24, 2.45) is 0 Å². The molecule has 0 fully saturated rings. The zero-order chi connectivity index (χ0) is 20.3.